The third kappa shape index (κ3) is 2.43. The highest BCUT2D eigenvalue weighted by molar-refractivity contribution is 5.89. The van der Waals surface area contributed by atoms with E-state index in [1.165, 1.54) is 11.1 Å². The van der Waals surface area contributed by atoms with E-state index in [4.69, 9.17) is 4.98 Å². The molecule has 0 radical (unpaired) electrons. The fraction of sp³-hybridized carbons (Fsp3) is 0.100. The largest absolute Gasteiger partial charge is 0.243 e. The number of nitrogens with zero attached hydrogens (tertiary/aromatic N) is 6. The summed E-state index contributed by atoms with van der Waals surface area (Å²) in [6.45, 7) is 2.74. The monoisotopic (exact) mass is 340 g/mol. The van der Waals surface area contributed by atoms with Gasteiger partial charge in [0.05, 0.1) is 18.1 Å². The van der Waals surface area contributed by atoms with Crippen LogP contribution in [0, 0.1) is 6.92 Å². The number of benzene rings is 2. The van der Waals surface area contributed by atoms with E-state index in [9.17, 15) is 0 Å². The third-order valence-corrected chi connectivity index (χ3v) is 4.46. The molecule has 0 atom stereocenters. The molecule has 26 heavy (non-hydrogen) atoms. The molecule has 0 amide bonds. The highest BCUT2D eigenvalue weighted by Crippen LogP contribution is 2.21. The molecule has 3 aromatic heterocycles. The lowest BCUT2D eigenvalue weighted by molar-refractivity contribution is 0.702. The van der Waals surface area contributed by atoms with Crippen molar-refractivity contribution >= 4 is 16.7 Å². The van der Waals surface area contributed by atoms with Crippen LogP contribution in [-0.2, 0) is 6.54 Å². The van der Waals surface area contributed by atoms with Gasteiger partial charge in [0.2, 0.25) is 0 Å². The predicted octanol–water partition coefficient (Wildman–Crippen LogP) is 3.50. The third-order valence-electron chi connectivity index (χ3n) is 4.46. The van der Waals surface area contributed by atoms with Gasteiger partial charge in [-0.1, -0.05) is 60.2 Å². The predicted molar refractivity (Wildman–Crippen MR) is 99.8 cm³/mol. The number of fused-ring (bicyclic) bond motifs is 3. The van der Waals surface area contributed by atoms with Crippen molar-refractivity contribution in [3.8, 4) is 11.4 Å². The Morgan fingerprint density at radius 1 is 0.923 bits per heavy atom. The molecule has 0 unspecified atom stereocenters. The topological polar surface area (TPSA) is 60.9 Å². The number of hydrogen-bond acceptors (Lipinski definition) is 4. The van der Waals surface area contributed by atoms with Crippen LogP contribution in [0.5, 0.6) is 0 Å². The zero-order chi connectivity index (χ0) is 17.5. The summed E-state index contributed by atoms with van der Waals surface area (Å²) in [6, 6.07) is 18.4. The Kier molecular flexibility index (Phi) is 3.28. The van der Waals surface area contributed by atoms with Crippen molar-refractivity contribution in [2.24, 2.45) is 0 Å². The first-order valence-corrected chi connectivity index (χ1v) is 8.46. The van der Waals surface area contributed by atoms with E-state index in [0.29, 0.717) is 12.4 Å². The maximum atomic E-state index is 4.72. The molecule has 0 N–H and O–H groups in total. The van der Waals surface area contributed by atoms with E-state index in [-0.39, 0.29) is 0 Å². The Morgan fingerprint density at radius 2 is 1.73 bits per heavy atom. The first-order chi connectivity index (χ1) is 12.8. The van der Waals surface area contributed by atoms with Crippen molar-refractivity contribution in [2.75, 3.05) is 0 Å². The van der Waals surface area contributed by atoms with Gasteiger partial charge in [-0.25, -0.2) is 19.2 Å². The van der Waals surface area contributed by atoms with Crippen molar-refractivity contribution in [1.29, 1.82) is 0 Å². The minimum Gasteiger partial charge on any atom is -0.243 e. The van der Waals surface area contributed by atoms with E-state index in [2.05, 4.69) is 46.4 Å². The molecular weight excluding hydrogens is 324 g/mol. The summed E-state index contributed by atoms with van der Waals surface area (Å²) < 4.78 is 3.61. The van der Waals surface area contributed by atoms with Crippen molar-refractivity contribution in [1.82, 2.24) is 29.4 Å². The van der Waals surface area contributed by atoms with Crippen LogP contribution < -0.4 is 0 Å². The molecule has 6 nitrogen and oxygen atoms in total. The molecule has 0 spiro atoms. The van der Waals surface area contributed by atoms with Gasteiger partial charge in [-0.05, 0) is 12.5 Å². The molecule has 0 saturated heterocycles. The van der Waals surface area contributed by atoms with Crippen LogP contribution in [0.3, 0.4) is 0 Å². The van der Waals surface area contributed by atoms with Gasteiger partial charge in [-0.3, -0.25) is 0 Å². The summed E-state index contributed by atoms with van der Waals surface area (Å²) in [5, 5.41) is 9.97. The molecule has 0 saturated carbocycles. The van der Waals surface area contributed by atoms with Crippen molar-refractivity contribution in [3.05, 3.63) is 78.2 Å². The SMILES string of the molecule is Cc1ccc(-c2nc3c4cnn(Cc5ccccc5)c4ncn3n2)cc1. The first-order valence-electron chi connectivity index (χ1n) is 8.46. The number of aromatic nitrogens is 6. The van der Waals surface area contributed by atoms with Crippen molar-refractivity contribution in [2.45, 2.75) is 13.5 Å². The summed E-state index contributed by atoms with van der Waals surface area (Å²) in [5.74, 6) is 0.690. The Bertz CT molecular complexity index is 1200. The molecule has 2 aromatic carbocycles. The summed E-state index contributed by atoms with van der Waals surface area (Å²) >= 11 is 0. The molecular formula is C20H16N6. The Morgan fingerprint density at radius 3 is 2.54 bits per heavy atom. The van der Waals surface area contributed by atoms with Crippen LogP contribution in [0.1, 0.15) is 11.1 Å². The average molecular weight is 340 g/mol. The molecule has 126 valence electrons. The van der Waals surface area contributed by atoms with Crippen molar-refractivity contribution in [3.63, 3.8) is 0 Å². The van der Waals surface area contributed by atoms with Crippen molar-refractivity contribution < 1.29 is 0 Å². The smallest absolute Gasteiger partial charge is 0.182 e. The van der Waals surface area contributed by atoms with Crippen LogP contribution >= 0.6 is 0 Å². The lowest BCUT2D eigenvalue weighted by Gasteiger charge is -2.02. The summed E-state index contributed by atoms with van der Waals surface area (Å²) in [7, 11) is 0. The standard InChI is InChI=1S/C20H16N6/c1-14-7-9-16(10-8-14)18-23-20-17-11-22-25(12-15-5-3-2-4-6-15)19(17)21-13-26(20)24-18/h2-11,13H,12H2,1H3. The molecule has 3 heterocycles. The molecule has 0 fully saturated rings. The zero-order valence-corrected chi connectivity index (χ0v) is 14.2. The molecule has 6 heteroatoms. The quantitative estimate of drug-likeness (QED) is 0.504. The van der Waals surface area contributed by atoms with Gasteiger partial charge in [0.15, 0.2) is 17.1 Å². The Balaban J connectivity index is 1.61. The highest BCUT2D eigenvalue weighted by atomic mass is 15.3. The van der Waals surface area contributed by atoms with Crippen LogP contribution in [0.2, 0.25) is 0 Å². The first kappa shape index (κ1) is 14.8. The van der Waals surface area contributed by atoms with E-state index < -0.39 is 0 Å². The Labute approximate surface area is 149 Å². The maximum absolute atomic E-state index is 4.72. The van der Waals surface area contributed by atoms with Crippen LogP contribution in [0.25, 0.3) is 28.1 Å². The van der Waals surface area contributed by atoms with E-state index in [0.717, 1.165) is 22.2 Å². The minimum absolute atomic E-state index is 0.673. The van der Waals surface area contributed by atoms with Crippen LogP contribution in [-0.4, -0.2) is 29.4 Å². The van der Waals surface area contributed by atoms with Crippen LogP contribution in [0.4, 0.5) is 0 Å². The molecule has 0 aliphatic carbocycles. The number of hydrogen-bond donors (Lipinski definition) is 0. The molecule has 0 bridgehead atoms. The normalized spacial score (nSPS) is 11.4. The van der Waals surface area contributed by atoms with Gasteiger partial charge in [0.1, 0.15) is 6.33 Å². The highest BCUT2D eigenvalue weighted by Gasteiger charge is 2.13. The molecule has 0 aliphatic rings. The summed E-state index contributed by atoms with van der Waals surface area (Å²) in [5.41, 5.74) is 4.96. The lowest BCUT2D eigenvalue weighted by Crippen LogP contribution is -2.03. The number of rotatable bonds is 3. The van der Waals surface area contributed by atoms with Gasteiger partial charge in [-0.2, -0.15) is 5.10 Å². The zero-order valence-electron chi connectivity index (χ0n) is 14.2. The molecule has 5 rings (SSSR count). The fourth-order valence-corrected chi connectivity index (χ4v) is 3.07. The Hall–Kier alpha value is -3.54. The second-order valence-corrected chi connectivity index (χ2v) is 6.34. The van der Waals surface area contributed by atoms with Gasteiger partial charge < -0.3 is 0 Å². The molecule has 0 aliphatic heterocycles. The maximum Gasteiger partial charge on any atom is 0.182 e. The van der Waals surface area contributed by atoms with E-state index in [1.807, 2.05) is 41.2 Å². The molecule has 5 aromatic rings. The number of aryl methyl sites for hydroxylation is 1. The second-order valence-electron chi connectivity index (χ2n) is 6.34. The summed E-state index contributed by atoms with van der Waals surface area (Å²) in [4.78, 5) is 9.27. The van der Waals surface area contributed by atoms with Crippen LogP contribution in [0.15, 0.2) is 67.1 Å². The minimum atomic E-state index is 0.673. The van der Waals surface area contributed by atoms with E-state index in [1.54, 1.807) is 10.8 Å². The summed E-state index contributed by atoms with van der Waals surface area (Å²) in [6.07, 6.45) is 3.51. The van der Waals surface area contributed by atoms with Gasteiger partial charge in [0, 0.05) is 5.56 Å². The lowest BCUT2D eigenvalue weighted by atomic mass is 10.1. The van der Waals surface area contributed by atoms with E-state index >= 15 is 0 Å². The fourth-order valence-electron chi connectivity index (χ4n) is 3.07. The van der Waals surface area contributed by atoms with Gasteiger partial charge in [-0.15, -0.1) is 5.10 Å². The van der Waals surface area contributed by atoms with Gasteiger partial charge in [0.25, 0.3) is 0 Å². The average Bonchev–Trinajstić information content (AvgIpc) is 3.27. The second kappa shape index (κ2) is 5.77. The van der Waals surface area contributed by atoms with Gasteiger partial charge >= 0.3 is 0 Å².